The van der Waals surface area contributed by atoms with Gasteiger partial charge < -0.3 is 10.1 Å². The molecule has 7 nitrogen and oxygen atoms in total. The van der Waals surface area contributed by atoms with Gasteiger partial charge in [-0.3, -0.25) is 9.59 Å². The Morgan fingerprint density at radius 1 is 1.24 bits per heavy atom. The van der Waals surface area contributed by atoms with Gasteiger partial charge in [-0.25, -0.2) is 13.1 Å². The van der Waals surface area contributed by atoms with Crippen LogP contribution in [0.3, 0.4) is 0 Å². The number of rotatable bonds is 9. The van der Waals surface area contributed by atoms with E-state index in [1.54, 1.807) is 12.1 Å². The van der Waals surface area contributed by atoms with E-state index in [1.165, 1.54) is 6.07 Å². The molecule has 0 aromatic heterocycles. The van der Waals surface area contributed by atoms with Gasteiger partial charge in [0.25, 0.3) is 5.91 Å². The molecule has 0 saturated heterocycles. The highest BCUT2D eigenvalue weighted by molar-refractivity contribution is 7.89. The summed E-state index contributed by atoms with van der Waals surface area (Å²) in [5.41, 5.74) is 1.89. The van der Waals surface area contributed by atoms with Gasteiger partial charge in [0.15, 0.2) is 6.61 Å². The smallest absolute Gasteiger partial charge is 0.306 e. The fraction of sp³-hybridized carbons (Fsp3) is 0.412. The van der Waals surface area contributed by atoms with Crippen molar-refractivity contribution in [3.05, 3.63) is 29.3 Å². The molecule has 0 bridgehead atoms. The molecule has 0 aliphatic heterocycles. The number of esters is 1. The van der Waals surface area contributed by atoms with E-state index in [1.807, 2.05) is 13.8 Å². The van der Waals surface area contributed by atoms with Gasteiger partial charge in [0.1, 0.15) is 0 Å². The van der Waals surface area contributed by atoms with Crippen molar-refractivity contribution in [2.45, 2.75) is 31.6 Å². The summed E-state index contributed by atoms with van der Waals surface area (Å²) in [5, 5.41) is 2.36. The van der Waals surface area contributed by atoms with Crippen molar-refractivity contribution in [1.82, 2.24) is 10.0 Å². The Bertz CT molecular complexity index is 766. The minimum absolute atomic E-state index is 0.00212. The number of hydrogen-bond donors (Lipinski definition) is 2. The van der Waals surface area contributed by atoms with Gasteiger partial charge in [0, 0.05) is 13.0 Å². The van der Waals surface area contributed by atoms with Crippen LogP contribution in [0.2, 0.25) is 0 Å². The molecule has 0 aliphatic carbocycles. The maximum absolute atomic E-state index is 12.2. The first-order valence-electron chi connectivity index (χ1n) is 7.69. The number of terminal acetylenes is 1. The van der Waals surface area contributed by atoms with Crippen LogP contribution in [0.1, 0.15) is 24.0 Å². The van der Waals surface area contributed by atoms with E-state index >= 15 is 0 Å². The molecule has 1 rings (SSSR count). The second kappa shape index (κ2) is 9.81. The van der Waals surface area contributed by atoms with Crippen LogP contribution in [0.15, 0.2) is 23.1 Å². The molecule has 0 spiro atoms. The molecule has 0 atom stereocenters. The van der Waals surface area contributed by atoms with E-state index < -0.39 is 28.5 Å². The third-order valence-corrected chi connectivity index (χ3v) is 4.85. The van der Waals surface area contributed by atoms with Crippen molar-refractivity contribution < 1.29 is 22.7 Å². The third-order valence-electron chi connectivity index (χ3n) is 3.39. The maximum atomic E-state index is 12.2. The second-order valence-electron chi connectivity index (χ2n) is 5.39. The summed E-state index contributed by atoms with van der Waals surface area (Å²) in [5.74, 6) is 1.16. The summed E-state index contributed by atoms with van der Waals surface area (Å²) in [6, 6.07) is 4.88. The number of ether oxygens (including phenoxy) is 1. The lowest BCUT2D eigenvalue weighted by Crippen LogP contribution is -2.29. The van der Waals surface area contributed by atoms with E-state index in [0.29, 0.717) is 0 Å². The number of amides is 1. The summed E-state index contributed by atoms with van der Waals surface area (Å²) in [7, 11) is -3.62. The Hall–Kier alpha value is -2.37. The maximum Gasteiger partial charge on any atom is 0.306 e. The summed E-state index contributed by atoms with van der Waals surface area (Å²) in [6.07, 6.45) is 5.23. The van der Waals surface area contributed by atoms with Gasteiger partial charge in [0.05, 0.1) is 11.4 Å². The van der Waals surface area contributed by atoms with Crippen LogP contribution in [0.25, 0.3) is 0 Å². The number of hydrogen-bond acceptors (Lipinski definition) is 5. The van der Waals surface area contributed by atoms with Gasteiger partial charge in [0.2, 0.25) is 10.0 Å². The molecule has 0 heterocycles. The molecule has 1 aromatic rings. The molecule has 25 heavy (non-hydrogen) atoms. The van der Waals surface area contributed by atoms with Crippen LogP contribution in [0, 0.1) is 26.2 Å². The molecule has 0 fully saturated rings. The van der Waals surface area contributed by atoms with E-state index in [9.17, 15) is 18.0 Å². The van der Waals surface area contributed by atoms with Crippen LogP contribution in [0.4, 0.5) is 0 Å². The van der Waals surface area contributed by atoms with E-state index in [-0.39, 0.29) is 30.8 Å². The van der Waals surface area contributed by atoms with Crippen molar-refractivity contribution in [1.29, 1.82) is 0 Å². The first kappa shape index (κ1) is 20.7. The molecule has 2 N–H and O–H groups in total. The van der Waals surface area contributed by atoms with Crippen LogP contribution in [-0.2, 0) is 24.3 Å². The highest BCUT2D eigenvalue weighted by Crippen LogP contribution is 2.14. The molecular formula is C17H22N2O5S. The van der Waals surface area contributed by atoms with Crippen molar-refractivity contribution in [2.75, 3.05) is 19.7 Å². The summed E-state index contributed by atoms with van der Waals surface area (Å²) in [6.45, 7) is 3.49. The average Bonchev–Trinajstić information content (AvgIpc) is 2.57. The highest BCUT2D eigenvalue weighted by atomic mass is 32.2. The predicted octanol–water partition coefficient (Wildman–Crippen LogP) is 0.655. The molecule has 0 aliphatic rings. The quantitative estimate of drug-likeness (QED) is 0.380. The van der Waals surface area contributed by atoms with Gasteiger partial charge in [-0.15, -0.1) is 6.42 Å². The van der Waals surface area contributed by atoms with Crippen LogP contribution in [-0.4, -0.2) is 40.0 Å². The zero-order chi connectivity index (χ0) is 18.9. The first-order chi connectivity index (χ1) is 11.8. The lowest BCUT2D eigenvalue weighted by Gasteiger charge is -2.09. The lowest BCUT2D eigenvalue weighted by atomic mass is 10.1. The molecular weight excluding hydrogens is 344 g/mol. The minimum atomic E-state index is -3.62. The number of benzene rings is 1. The van der Waals surface area contributed by atoms with Gasteiger partial charge >= 0.3 is 5.97 Å². The van der Waals surface area contributed by atoms with Gasteiger partial charge in [-0.2, -0.15) is 0 Å². The fourth-order valence-corrected chi connectivity index (χ4v) is 2.98. The predicted molar refractivity (Wildman–Crippen MR) is 93.1 cm³/mol. The topological polar surface area (TPSA) is 102 Å². The summed E-state index contributed by atoms with van der Waals surface area (Å²) < 4.78 is 31.5. The molecule has 136 valence electrons. The monoisotopic (exact) mass is 366 g/mol. The van der Waals surface area contributed by atoms with Gasteiger partial charge in [-0.1, -0.05) is 12.0 Å². The van der Waals surface area contributed by atoms with Crippen molar-refractivity contribution in [2.24, 2.45) is 0 Å². The van der Waals surface area contributed by atoms with Crippen molar-refractivity contribution >= 4 is 21.9 Å². The summed E-state index contributed by atoms with van der Waals surface area (Å²) >= 11 is 0. The zero-order valence-corrected chi connectivity index (χ0v) is 15.1. The Morgan fingerprint density at radius 3 is 2.60 bits per heavy atom. The average molecular weight is 366 g/mol. The number of aryl methyl sites for hydroxylation is 2. The van der Waals surface area contributed by atoms with E-state index in [4.69, 9.17) is 11.2 Å². The SMILES string of the molecule is C#CCNC(=O)COC(=O)CCCNS(=O)(=O)c1ccc(C)c(C)c1. The Kier molecular flexibility index (Phi) is 8.11. The van der Waals surface area contributed by atoms with Crippen molar-refractivity contribution in [3.8, 4) is 12.3 Å². The van der Waals surface area contributed by atoms with Crippen LogP contribution < -0.4 is 10.0 Å². The minimum Gasteiger partial charge on any atom is -0.456 e. The molecule has 8 heteroatoms. The second-order valence-corrected chi connectivity index (χ2v) is 7.16. The standard InChI is InChI=1S/C17H22N2O5S/c1-4-9-18-16(20)12-24-17(21)6-5-10-19-25(22,23)15-8-7-13(2)14(3)11-15/h1,7-8,11,19H,5-6,9-10,12H2,2-3H3,(H,18,20). The molecule has 1 amide bonds. The molecule has 0 radical (unpaired) electrons. The number of carbonyl (C=O) groups is 2. The normalized spacial score (nSPS) is 10.8. The number of nitrogens with one attached hydrogen (secondary N) is 2. The third kappa shape index (κ3) is 7.37. The van der Waals surface area contributed by atoms with E-state index in [0.717, 1.165) is 11.1 Å². The Labute approximate surface area is 148 Å². The molecule has 0 unspecified atom stereocenters. The fourth-order valence-electron chi connectivity index (χ4n) is 1.82. The first-order valence-corrected chi connectivity index (χ1v) is 9.17. The molecule has 1 aromatic carbocycles. The number of carbonyl (C=O) groups excluding carboxylic acids is 2. The molecule has 0 saturated carbocycles. The summed E-state index contributed by atoms with van der Waals surface area (Å²) in [4.78, 5) is 22.9. The lowest BCUT2D eigenvalue weighted by molar-refractivity contribution is -0.148. The number of sulfonamides is 1. The van der Waals surface area contributed by atoms with Crippen LogP contribution in [0.5, 0.6) is 0 Å². The Morgan fingerprint density at radius 2 is 1.96 bits per heavy atom. The van der Waals surface area contributed by atoms with Crippen LogP contribution >= 0.6 is 0 Å². The largest absolute Gasteiger partial charge is 0.456 e. The highest BCUT2D eigenvalue weighted by Gasteiger charge is 2.14. The van der Waals surface area contributed by atoms with Gasteiger partial charge in [-0.05, 0) is 43.5 Å². The van der Waals surface area contributed by atoms with Crippen molar-refractivity contribution in [3.63, 3.8) is 0 Å². The Balaban J connectivity index is 2.34. The zero-order valence-electron chi connectivity index (χ0n) is 14.3. The van der Waals surface area contributed by atoms with E-state index in [2.05, 4.69) is 16.0 Å².